The largest absolute Gasteiger partial charge is 0.344 e. The summed E-state index contributed by atoms with van der Waals surface area (Å²) in [5.41, 5.74) is 6.17. The van der Waals surface area contributed by atoms with Crippen LogP contribution in [0.5, 0.6) is 0 Å². The Hall–Kier alpha value is -2.79. The van der Waals surface area contributed by atoms with Crippen molar-refractivity contribution < 1.29 is 0 Å². The van der Waals surface area contributed by atoms with Crippen molar-refractivity contribution >= 4 is 22.8 Å². The maximum atomic E-state index is 13.5. The molecule has 2 aromatic heterocycles. The summed E-state index contributed by atoms with van der Waals surface area (Å²) in [6, 6.07) is 19.0. The van der Waals surface area contributed by atoms with E-state index in [1.165, 1.54) is 11.1 Å². The number of hydrogen-bond acceptors (Lipinski definition) is 3. The molecule has 0 unspecified atom stereocenters. The summed E-state index contributed by atoms with van der Waals surface area (Å²) in [4.78, 5) is 18.5. The average molecular weight is 402 g/mol. The summed E-state index contributed by atoms with van der Waals surface area (Å²) in [7, 11) is 1.94. The molecule has 0 saturated heterocycles. The van der Waals surface area contributed by atoms with Gasteiger partial charge in [0.15, 0.2) is 5.16 Å². The summed E-state index contributed by atoms with van der Waals surface area (Å²) in [6.07, 6.45) is 4.14. The summed E-state index contributed by atoms with van der Waals surface area (Å²) < 4.78 is 3.86. The van der Waals surface area contributed by atoms with Crippen molar-refractivity contribution in [3.63, 3.8) is 0 Å². The summed E-state index contributed by atoms with van der Waals surface area (Å²) in [5.74, 6) is 0.805. The van der Waals surface area contributed by atoms with Gasteiger partial charge in [0.05, 0.1) is 0 Å². The number of hydrogen-bond donors (Lipinski definition) is 0. The van der Waals surface area contributed by atoms with Crippen molar-refractivity contribution in [3.05, 3.63) is 82.3 Å². The molecule has 4 aromatic rings. The Morgan fingerprint density at radius 2 is 1.90 bits per heavy atom. The van der Waals surface area contributed by atoms with Crippen LogP contribution in [0.25, 0.3) is 22.2 Å². The molecule has 1 fully saturated rings. The van der Waals surface area contributed by atoms with E-state index in [4.69, 9.17) is 4.98 Å². The zero-order chi connectivity index (χ0) is 20.0. The molecule has 0 N–H and O–H groups in total. The predicted octanol–water partition coefficient (Wildman–Crippen LogP) is 5.34. The van der Waals surface area contributed by atoms with Crippen LogP contribution in [0, 0.1) is 6.92 Å². The predicted molar refractivity (Wildman–Crippen MR) is 119 cm³/mol. The first kappa shape index (κ1) is 18.3. The van der Waals surface area contributed by atoms with E-state index in [1.807, 2.05) is 40.6 Å². The van der Waals surface area contributed by atoms with E-state index >= 15 is 0 Å². The molecule has 5 heteroatoms. The van der Waals surface area contributed by atoms with Gasteiger partial charge in [-0.3, -0.25) is 9.36 Å². The van der Waals surface area contributed by atoms with E-state index in [1.54, 1.807) is 11.8 Å². The second-order valence-corrected chi connectivity index (χ2v) is 8.74. The molecular formula is C24H23N3OS. The van der Waals surface area contributed by atoms with Gasteiger partial charge in [-0.25, -0.2) is 4.98 Å². The van der Waals surface area contributed by atoms with Crippen molar-refractivity contribution in [3.8, 4) is 11.1 Å². The van der Waals surface area contributed by atoms with Crippen LogP contribution in [0.3, 0.4) is 0 Å². The minimum Gasteiger partial charge on any atom is -0.344 e. The highest BCUT2D eigenvalue weighted by atomic mass is 32.2. The minimum absolute atomic E-state index is 0.0777. The molecule has 146 valence electrons. The average Bonchev–Trinajstić information content (AvgIpc) is 3.50. The Kier molecular flexibility index (Phi) is 4.55. The standard InChI is InChI=1S/C24H23N3OS/c1-16-7-6-8-17(13-16)15-29-24-25-21-20(18-9-4-3-5-10-18)14-26(2)22(21)23(28)27(24)19-11-12-19/h3-10,13-14,19H,11-12,15H2,1-2H3. The second-order valence-electron chi connectivity index (χ2n) is 7.80. The Balaban J connectivity index is 1.64. The Bertz CT molecular complexity index is 1250. The van der Waals surface area contributed by atoms with Crippen molar-refractivity contribution in [2.75, 3.05) is 0 Å². The molecule has 29 heavy (non-hydrogen) atoms. The van der Waals surface area contributed by atoms with Gasteiger partial charge in [0.1, 0.15) is 11.0 Å². The van der Waals surface area contributed by atoms with E-state index in [0.29, 0.717) is 5.52 Å². The van der Waals surface area contributed by atoms with Gasteiger partial charge in [0.25, 0.3) is 5.56 Å². The van der Waals surface area contributed by atoms with Crippen LogP contribution in [0.4, 0.5) is 0 Å². The number of nitrogens with zero attached hydrogens (tertiary/aromatic N) is 3. The molecule has 0 radical (unpaired) electrons. The molecule has 1 aliphatic rings. The third-order valence-corrected chi connectivity index (χ3v) is 6.46. The van der Waals surface area contributed by atoms with Crippen LogP contribution in [0.1, 0.15) is 30.0 Å². The molecule has 2 aromatic carbocycles. The fourth-order valence-corrected chi connectivity index (χ4v) is 4.87. The molecule has 1 saturated carbocycles. The smallest absolute Gasteiger partial charge is 0.278 e. The zero-order valence-corrected chi connectivity index (χ0v) is 17.4. The van der Waals surface area contributed by atoms with Gasteiger partial charge < -0.3 is 4.57 Å². The first-order valence-electron chi connectivity index (χ1n) is 9.97. The number of aromatic nitrogens is 3. The molecule has 1 aliphatic carbocycles. The van der Waals surface area contributed by atoms with Crippen molar-refractivity contribution in [2.45, 2.75) is 36.7 Å². The van der Waals surface area contributed by atoms with Gasteiger partial charge in [0, 0.05) is 30.6 Å². The Morgan fingerprint density at radius 1 is 1.10 bits per heavy atom. The molecule has 5 rings (SSSR count). The van der Waals surface area contributed by atoms with E-state index in [0.717, 1.165) is 40.4 Å². The molecule has 0 amide bonds. The van der Waals surface area contributed by atoms with Crippen molar-refractivity contribution in [1.29, 1.82) is 0 Å². The lowest BCUT2D eigenvalue weighted by Crippen LogP contribution is -2.23. The topological polar surface area (TPSA) is 39.8 Å². The minimum atomic E-state index is 0.0777. The lowest BCUT2D eigenvalue weighted by Gasteiger charge is -2.12. The number of aryl methyl sites for hydroxylation is 2. The fraction of sp³-hybridized carbons (Fsp3) is 0.250. The van der Waals surface area contributed by atoms with Gasteiger partial charge in [-0.15, -0.1) is 0 Å². The highest BCUT2D eigenvalue weighted by Crippen LogP contribution is 2.38. The van der Waals surface area contributed by atoms with Gasteiger partial charge in [0.2, 0.25) is 0 Å². The van der Waals surface area contributed by atoms with Crippen LogP contribution in [0.2, 0.25) is 0 Å². The van der Waals surface area contributed by atoms with E-state index in [-0.39, 0.29) is 11.6 Å². The first-order valence-corrected chi connectivity index (χ1v) is 11.0. The molecule has 4 nitrogen and oxygen atoms in total. The number of thioether (sulfide) groups is 1. The van der Waals surface area contributed by atoms with Crippen LogP contribution in [-0.4, -0.2) is 14.1 Å². The summed E-state index contributed by atoms with van der Waals surface area (Å²) in [6.45, 7) is 2.11. The van der Waals surface area contributed by atoms with Crippen LogP contribution < -0.4 is 5.56 Å². The highest BCUT2D eigenvalue weighted by Gasteiger charge is 2.30. The van der Waals surface area contributed by atoms with Gasteiger partial charge in [-0.05, 0) is 30.9 Å². The maximum absolute atomic E-state index is 13.5. The highest BCUT2D eigenvalue weighted by molar-refractivity contribution is 7.98. The molecule has 0 aliphatic heterocycles. The zero-order valence-electron chi connectivity index (χ0n) is 16.6. The number of fused-ring (bicyclic) bond motifs is 1. The Labute approximate surface area is 174 Å². The Morgan fingerprint density at radius 3 is 2.62 bits per heavy atom. The number of benzene rings is 2. The normalized spacial score (nSPS) is 13.9. The van der Waals surface area contributed by atoms with Crippen LogP contribution in [0.15, 0.2) is 70.7 Å². The van der Waals surface area contributed by atoms with Gasteiger partial charge >= 0.3 is 0 Å². The van der Waals surface area contributed by atoms with Crippen molar-refractivity contribution in [2.24, 2.45) is 7.05 Å². The van der Waals surface area contributed by atoms with E-state index in [9.17, 15) is 4.79 Å². The van der Waals surface area contributed by atoms with Crippen molar-refractivity contribution in [1.82, 2.24) is 14.1 Å². The maximum Gasteiger partial charge on any atom is 0.278 e. The van der Waals surface area contributed by atoms with Crippen LogP contribution in [-0.2, 0) is 12.8 Å². The molecule has 0 spiro atoms. The monoisotopic (exact) mass is 401 g/mol. The lowest BCUT2D eigenvalue weighted by molar-refractivity contribution is 0.615. The summed E-state index contributed by atoms with van der Waals surface area (Å²) >= 11 is 1.66. The molecular weight excluding hydrogens is 378 g/mol. The van der Waals surface area contributed by atoms with Crippen LogP contribution >= 0.6 is 11.8 Å². The molecule has 0 bridgehead atoms. The van der Waals surface area contributed by atoms with Gasteiger partial charge in [-0.2, -0.15) is 0 Å². The lowest BCUT2D eigenvalue weighted by atomic mass is 10.1. The van der Waals surface area contributed by atoms with Gasteiger partial charge in [-0.1, -0.05) is 71.9 Å². The second kappa shape index (κ2) is 7.23. The molecule has 2 heterocycles. The molecule has 0 atom stereocenters. The quantitative estimate of drug-likeness (QED) is 0.335. The number of rotatable bonds is 5. The summed E-state index contributed by atoms with van der Waals surface area (Å²) in [5, 5.41) is 0.829. The third-order valence-electron chi connectivity index (χ3n) is 5.44. The third kappa shape index (κ3) is 3.40. The first-order chi connectivity index (χ1) is 14.1. The van der Waals surface area contributed by atoms with E-state index in [2.05, 4.69) is 43.3 Å². The fourth-order valence-electron chi connectivity index (χ4n) is 3.87. The SMILES string of the molecule is Cc1cccc(CSc2nc3c(-c4ccccc4)cn(C)c3c(=O)n2C2CC2)c1. The van der Waals surface area contributed by atoms with E-state index < -0.39 is 0 Å².